The molecule has 1 aromatic carbocycles. The van der Waals surface area contributed by atoms with Gasteiger partial charge in [-0.2, -0.15) is 0 Å². The number of anilines is 1. The molecule has 0 spiro atoms. The Morgan fingerprint density at radius 1 is 1.38 bits per heavy atom. The third kappa shape index (κ3) is 5.00. The Labute approximate surface area is 151 Å². The molecule has 1 aromatic rings. The van der Waals surface area contributed by atoms with E-state index in [1.54, 1.807) is 25.1 Å². The maximum absolute atomic E-state index is 12.3. The van der Waals surface area contributed by atoms with E-state index in [9.17, 15) is 4.79 Å². The summed E-state index contributed by atoms with van der Waals surface area (Å²) in [6, 6.07) is 4.97. The molecule has 2 rings (SSSR count). The summed E-state index contributed by atoms with van der Waals surface area (Å²) in [6.45, 7) is 7.02. The zero-order valence-electron chi connectivity index (χ0n) is 13.9. The van der Waals surface area contributed by atoms with E-state index < -0.39 is 5.97 Å². The maximum atomic E-state index is 12.3. The number of esters is 1. The quantitative estimate of drug-likeness (QED) is 0.380. The molecule has 0 aromatic heterocycles. The first-order valence-corrected chi connectivity index (χ1v) is 8.52. The minimum atomic E-state index is -0.496. The Hall–Kier alpha value is -1.50. The average Bonchev–Trinajstić information content (AvgIpc) is 2.50. The van der Waals surface area contributed by atoms with Crippen molar-refractivity contribution in [2.45, 2.75) is 33.0 Å². The van der Waals surface area contributed by atoms with Gasteiger partial charge in [-0.1, -0.05) is 23.2 Å². The first-order chi connectivity index (χ1) is 11.4. The molecule has 1 fully saturated rings. The zero-order valence-corrected chi connectivity index (χ0v) is 15.4. The van der Waals surface area contributed by atoms with E-state index in [1.807, 2.05) is 18.7 Å². The topological polar surface area (TPSA) is 63.2 Å². The summed E-state index contributed by atoms with van der Waals surface area (Å²) in [5, 5.41) is 5.20. The highest BCUT2D eigenvalue weighted by molar-refractivity contribution is 6.36. The normalized spacial score (nSPS) is 21.5. The number of rotatable bonds is 3. The number of carbonyl (C=O) groups excluding carboxylic acids is 1. The van der Waals surface area contributed by atoms with E-state index in [2.05, 4.69) is 10.5 Å². The summed E-state index contributed by atoms with van der Waals surface area (Å²) in [4.78, 5) is 14.1. The van der Waals surface area contributed by atoms with Gasteiger partial charge in [0.25, 0.3) is 0 Å². The molecule has 1 aliphatic rings. The second kappa shape index (κ2) is 8.55. The van der Waals surface area contributed by atoms with E-state index >= 15 is 0 Å². The summed E-state index contributed by atoms with van der Waals surface area (Å²) in [5.41, 5.74) is 3.32. The van der Waals surface area contributed by atoms with Crippen molar-refractivity contribution in [2.24, 2.45) is 5.10 Å². The Morgan fingerprint density at radius 2 is 2.04 bits per heavy atom. The number of amidine groups is 1. The summed E-state index contributed by atoms with van der Waals surface area (Å²) in [5.74, 6) is -0.306. The Morgan fingerprint density at radius 3 is 2.67 bits per heavy atom. The van der Waals surface area contributed by atoms with E-state index in [0.717, 1.165) is 0 Å². The van der Waals surface area contributed by atoms with Crippen LogP contribution >= 0.6 is 23.2 Å². The molecule has 6 nitrogen and oxygen atoms in total. The summed E-state index contributed by atoms with van der Waals surface area (Å²) < 4.78 is 10.8. The van der Waals surface area contributed by atoms with Crippen LogP contribution in [0.5, 0.6) is 0 Å². The summed E-state index contributed by atoms with van der Waals surface area (Å²) in [7, 11) is 0. The zero-order chi connectivity index (χ0) is 17.7. The molecule has 2 atom stereocenters. The molecule has 1 heterocycles. The third-order valence-electron chi connectivity index (χ3n) is 3.39. The molecule has 1 saturated heterocycles. The van der Waals surface area contributed by atoms with E-state index in [-0.39, 0.29) is 24.7 Å². The molecule has 0 radical (unpaired) electrons. The number of hydrogen-bond acceptors (Lipinski definition) is 5. The number of carbonyl (C=O) groups is 1. The van der Waals surface area contributed by atoms with Crippen LogP contribution < -0.4 is 5.43 Å². The highest BCUT2D eigenvalue weighted by atomic mass is 35.5. The van der Waals surface area contributed by atoms with Gasteiger partial charge in [0, 0.05) is 18.1 Å². The fourth-order valence-corrected chi connectivity index (χ4v) is 2.82. The Kier molecular flexibility index (Phi) is 6.71. The molecule has 132 valence electrons. The number of nitrogens with one attached hydrogen (secondary N) is 1. The van der Waals surface area contributed by atoms with Gasteiger partial charge >= 0.3 is 5.97 Å². The lowest BCUT2D eigenvalue weighted by molar-refractivity contribution is -0.136. The van der Waals surface area contributed by atoms with Crippen LogP contribution in [0.15, 0.2) is 23.3 Å². The maximum Gasteiger partial charge on any atom is 0.375 e. The Bertz CT molecular complexity index is 615. The van der Waals surface area contributed by atoms with Gasteiger partial charge in [-0.25, -0.2) is 4.79 Å². The summed E-state index contributed by atoms with van der Waals surface area (Å²) >= 11 is 12.1. The number of ether oxygens (including phenoxy) is 2. The van der Waals surface area contributed by atoms with E-state index in [0.29, 0.717) is 28.8 Å². The summed E-state index contributed by atoms with van der Waals surface area (Å²) in [6.07, 6.45) is -0.0220. The fraction of sp³-hybridized carbons (Fsp3) is 0.500. The number of halogens is 2. The van der Waals surface area contributed by atoms with Gasteiger partial charge in [-0.3, -0.25) is 5.43 Å². The molecule has 0 bridgehead atoms. The standard InChI is InChI=1S/C16H21Cl2N3O3/c1-4-23-16(22)15(21-8-10(2)24-11(3)9-21)20-19-14-7-12(17)5-6-13(14)18/h5-7,10-11,19H,4,8-9H2,1-3H3/b20-15-/t10-,11-/m1/s1. The van der Waals surface area contributed by atoms with Gasteiger partial charge in [-0.05, 0) is 39.0 Å². The SMILES string of the molecule is CCOC(=O)/C(=N/Nc1cc(Cl)ccc1Cl)N1C[C@@H](C)O[C@H](C)C1. The highest BCUT2D eigenvalue weighted by Crippen LogP contribution is 2.25. The monoisotopic (exact) mass is 373 g/mol. The lowest BCUT2D eigenvalue weighted by Gasteiger charge is -2.36. The fourth-order valence-electron chi connectivity index (χ4n) is 2.49. The van der Waals surface area contributed by atoms with Crippen molar-refractivity contribution in [1.82, 2.24) is 4.90 Å². The molecule has 0 unspecified atom stereocenters. The number of hydrogen-bond donors (Lipinski definition) is 1. The first-order valence-electron chi connectivity index (χ1n) is 7.77. The van der Waals surface area contributed by atoms with Crippen molar-refractivity contribution in [2.75, 3.05) is 25.1 Å². The van der Waals surface area contributed by atoms with Crippen LogP contribution in [-0.4, -0.2) is 48.6 Å². The van der Waals surface area contributed by atoms with Crippen LogP contribution in [0.3, 0.4) is 0 Å². The van der Waals surface area contributed by atoms with Crippen LogP contribution in [0, 0.1) is 0 Å². The van der Waals surface area contributed by atoms with Crippen molar-refractivity contribution < 1.29 is 14.3 Å². The smallest absolute Gasteiger partial charge is 0.375 e. The van der Waals surface area contributed by atoms with Crippen molar-refractivity contribution in [3.8, 4) is 0 Å². The molecular formula is C16H21Cl2N3O3. The van der Waals surface area contributed by atoms with Crippen molar-refractivity contribution in [3.63, 3.8) is 0 Å². The predicted molar refractivity (Wildman–Crippen MR) is 95.7 cm³/mol. The molecule has 0 saturated carbocycles. The number of morpholine rings is 1. The van der Waals surface area contributed by atoms with E-state index in [1.165, 1.54) is 0 Å². The molecule has 1 aliphatic heterocycles. The average molecular weight is 374 g/mol. The van der Waals surface area contributed by atoms with Gasteiger partial charge < -0.3 is 14.4 Å². The molecule has 24 heavy (non-hydrogen) atoms. The second-order valence-electron chi connectivity index (χ2n) is 5.55. The lowest BCUT2D eigenvalue weighted by atomic mass is 10.2. The third-order valence-corrected chi connectivity index (χ3v) is 3.95. The minimum Gasteiger partial charge on any atom is -0.460 e. The largest absolute Gasteiger partial charge is 0.460 e. The predicted octanol–water partition coefficient (Wildman–Crippen LogP) is 3.39. The molecule has 0 amide bonds. The molecule has 1 N–H and O–H groups in total. The second-order valence-corrected chi connectivity index (χ2v) is 6.40. The van der Waals surface area contributed by atoms with Gasteiger partial charge in [0.2, 0.25) is 5.84 Å². The van der Waals surface area contributed by atoms with Gasteiger partial charge in [0.1, 0.15) is 0 Å². The molecule has 0 aliphatic carbocycles. The Balaban J connectivity index is 2.24. The lowest BCUT2D eigenvalue weighted by Crippen LogP contribution is -2.51. The number of nitrogens with zero attached hydrogens (tertiary/aromatic N) is 2. The number of benzene rings is 1. The van der Waals surface area contributed by atoms with Crippen LogP contribution in [0.4, 0.5) is 5.69 Å². The van der Waals surface area contributed by atoms with Gasteiger partial charge in [-0.15, -0.1) is 5.10 Å². The highest BCUT2D eigenvalue weighted by Gasteiger charge is 2.29. The van der Waals surface area contributed by atoms with Crippen molar-refractivity contribution in [3.05, 3.63) is 28.2 Å². The van der Waals surface area contributed by atoms with Crippen LogP contribution in [-0.2, 0) is 14.3 Å². The van der Waals surface area contributed by atoms with Crippen molar-refractivity contribution >= 4 is 40.7 Å². The van der Waals surface area contributed by atoms with Crippen LogP contribution in [0.1, 0.15) is 20.8 Å². The first kappa shape index (κ1) is 18.8. The molecular weight excluding hydrogens is 353 g/mol. The van der Waals surface area contributed by atoms with Gasteiger partial charge in [0.15, 0.2) is 0 Å². The molecule has 8 heteroatoms. The van der Waals surface area contributed by atoms with E-state index in [4.69, 9.17) is 32.7 Å². The van der Waals surface area contributed by atoms with Crippen LogP contribution in [0.25, 0.3) is 0 Å². The number of hydrazone groups is 1. The minimum absolute atomic E-state index is 0.0110. The van der Waals surface area contributed by atoms with Crippen LogP contribution in [0.2, 0.25) is 10.0 Å². The van der Waals surface area contributed by atoms with Crippen molar-refractivity contribution in [1.29, 1.82) is 0 Å². The van der Waals surface area contributed by atoms with Gasteiger partial charge in [0.05, 0.1) is 29.5 Å².